The lowest BCUT2D eigenvalue weighted by Gasteiger charge is -2.38. The Morgan fingerprint density at radius 3 is 2.64 bits per heavy atom. The van der Waals surface area contributed by atoms with Gasteiger partial charge in [0, 0.05) is 33.3 Å². The fourth-order valence-corrected chi connectivity index (χ4v) is 7.87. The molecule has 2 saturated heterocycles. The molecule has 9 atom stereocenters. The van der Waals surface area contributed by atoms with Gasteiger partial charge in [0.2, 0.25) is 23.8 Å². The number of anilines is 1. The van der Waals surface area contributed by atoms with Crippen LogP contribution in [0.5, 0.6) is 5.75 Å². The van der Waals surface area contributed by atoms with E-state index in [4.69, 9.17) is 4.74 Å². The minimum absolute atomic E-state index is 0.0188. The lowest BCUT2D eigenvalue weighted by atomic mass is 9.77. The smallest absolute Gasteiger partial charge is 0.271 e. The highest BCUT2D eigenvalue weighted by molar-refractivity contribution is 6.01. The van der Waals surface area contributed by atoms with Gasteiger partial charge in [-0.3, -0.25) is 19.2 Å². The van der Waals surface area contributed by atoms with E-state index < -0.39 is 70.7 Å². The van der Waals surface area contributed by atoms with Crippen molar-refractivity contribution in [1.82, 2.24) is 20.1 Å². The number of pyridine rings is 1. The van der Waals surface area contributed by atoms with E-state index in [2.05, 4.69) is 26.4 Å². The number of carbonyl (C=O) groups is 4. The van der Waals surface area contributed by atoms with Crippen molar-refractivity contribution in [1.29, 1.82) is 5.26 Å². The molecule has 1 spiro atoms. The number of hydrogen-bond acceptors (Lipinski definition) is 8. The molecule has 3 aliphatic heterocycles. The third-order valence-electron chi connectivity index (χ3n) is 9.68. The first kappa shape index (κ1) is 31.6. The first-order chi connectivity index (χ1) is 20.8. The van der Waals surface area contributed by atoms with Crippen LogP contribution in [0.4, 0.5) is 14.6 Å². The Kier molecular flexibility index (Phi) is 8.30. The summed E-state index contributed by atoms with van der Waals surface area (Å²) in [5, 5.41) is 15.2. The average Bonchev–Trinajstić information content (AvgIpc) is 3.71. The molecule has 2 N–H and O–H groups in total. The van der Waals surface area contributed by atoms with Gasteiger partial charge in [-0.2, -0.15) is 5.26 Å². The molecule has 2 aliphatic carbocycles. The Morgan fingerprint density at radius 1 is 1.30 bits per heavy atom. The molecule has 9 unspecified atom stereocenters. The molecule has 12 nitrogen and oxygen atoms in total. The standard InChI is InChI=1S/C28H32F2N6O5.C2H6O/c1-27(2,3)22(33-12-37)25(39)35-10-17-13-4-16(18(30)5-13)20(17)21(35)24(38)36-11-28(7-15(36)8-31)26(40)34-23-19(41-28)6-14(29)9-32-23;1-3-2/h6,9,12-13,15-18,20-22H,4-5,7,10-11H2,1-3H3,(H,33,37)(H,32,34,40);1-2H3. The maximum Gasteiger partial charge on any atom is 0.271 e. The van der Waals surface area contributed by atoms with Gasteiger partial charge < -0.3 is 29.9 Å². The van der Waals surface area contributed by atoms with Crippen molar-refractivity contribution >= 4 is 29.9 Å². The monoisotopic (exact) mass is 616 g/mol. The zero-order chi connectivity index (χ0) is 32.1. The van der Waals surface area contributed by atoms with Gasteiger partial charge in [0.15, 0.2) is 11.6 Å². The van der Waals surface area contributed by atoms with E-state index in [9.17, 15) is 28.8 Å². The predicted octanol–water partition coefficient (Wildman–Crippen LogP) is 1.66. The average molecular weight is 617 g/mol. The molecule has 0 aromatic carbocycles. The highest BCUT2D eigenvalue weighted by atomic mass is 19.1. The number of methoxy groups -OCH3 is 1. The third-order valence-corrected chi connectivity index (χ3v) is 9.68. The minimum atomic E-state index is -1.67. The second-order valence-electron chi connectivity index (χ2n) is 13.4. The lowest BCUT2D eigenvalue weighted by molar-refractivity contribution is -0.149. The molecule has 4 amide bonds. The number of hydrogen-bond donors (Lipinski definition) is 2. The predicted molar refractivity (Wildman–Crippen MR) is 151 cm³/mol. The number of likely N-dealkylation sites (tertiary alicyclic amines) is 2. The summed E-state index contributed by atoms with van der Waals surface area (Å²) in [5.41, 5.74) is -2.35. The largest absolute Gasteiger partial charge is 0.471 e. The molecule has 5 aliphatic rings. The van der Waals surface area contributed by atoms with Crippen LogP contribution >= 0.6 is 0 Å². The summed E-state index contributed by atoms with van der Waals surface area (Å²) in [6.07, 6.45) is 1.12. The van der Waals surface area contributed by atoms with Crippen LogP contribution in [-0.4, -0.2) is 96.1 Å². The van der Waals surface area contributed by atoms with E-state index in [0.29, 0.717) is 19.3 Å². The highest BCUT2D eigenvalue weighted by Gasteiger charge is 2.65. The SMILES string of the molecule is CC(C)(C)C(NC=O)C(=O)N1CC2C3CC(F)C(C3)C2C1C(=O)N1CC2(CC1C#N)Oc1cc(F)cnc1NC2=O.COC. The summed E-state index contributed by atoms with van der Waals surface area (Å²) >= 11 is 0. The van der Waals surface area contributed by atoms with Crippen LogP contribution in [0, 0.1) is 46.2 Å². The molecule has 0 radical (unpaired) electrons. The quantitative estimate of drug-likeness (QED) is 0.485. The molecule has 2 bridgehead atoms. The zero-order valence-electron chi connectivity index (χ0n) is 25.4. The number of ether oxygens (including phenoxy) is 2. The van der Waals surface area contributed by atoms with Gasteiger partial charge in [-0.15, -0.1) is 0 Å². The van der Waals surface area contributed by atoms with Crippen molar-refractivity contribution < 1.29 is 37.4 Å². The van der Waals surface area contributed by atoms with E-state index in [0.717, 1.165) is 12.3 Å². The molecule has 4 fully saturated rings. The topological polar surface area (TPSA) is 154 Å². The molecule has 4 heterocycles. The fourth-order valence-electron chi connectivity index (χ4n) is 7.87. The van der Waals surface area contributed by atoms with Gasteiger partial charge >= 0.3 is 0 Å². The first-order valence-corrected chi connectivity index (χ1v) is 14.7. The van der Waals surface area contributed by atoms with Crippen molar-refractivity contribution in [3.63, 3.8) is 0 Å². The number of aromatic nitrogens is 1. The molecular weight excluding hydrogens is 578 g/mol. The van der Waals surface area contributed by atoms with Crippen LogP contribution < -0.4 is 15.4 Å². The third kappa shape index (κ3) is 5.14. The number of halogens is 2. The summed E-state index contributed by atoms with van der Waals surface area (Å²) in [4.78, 5) is 59.6. The van der Waals surface area contributed by atoms with Crippen LogP contribution in [-0.2, 0) is 23.9 Å². The fraction of sp³-hybridized carbons (Fsp3) is 0.667. The van der Waals surface area contributed by atoms with Gasteiger partial charge in [-0.25, -0.2) is 13.8 Å². The molecule has 14 heteroatoms. The molecular formula is C30H38F2N6O6. The first-order valence-electron chi connectivity index (χ1n) is 14.7. The Balaban J connectivity index is 0.00000123. The maximum atomic E-state index is 15.1. The van der Waals surface area contributed by atoms with Crippen LogP contribution in [0.25, 0.3) is 0 Å². The Hall–Kier alpha value is -3.86. The molecule has 6 rings (SSSR count). The highest BCUT2D eigenvalue weighted by Crippen LogP contribution is 2.59. The summed E-state index contributed by atoms with van der Waals surface area (Å²) in [7, 11) is 3.25. The number of amides is 4. The van der Waals surface area contributed by atoms with E-state index in [-0.39, 0.29) is 42.9 Å². The molecule has 238 valence electrons. The number of fused-ring (bicyclic) bond motifs is 6. The van der Waals surface area contributed by atoms with Gasteiger partial charge in [0.1, 0.15) is 30.1 Å². The summed E-state index contributed by atoms with van der Waals surface area (Å²) < 4.78 is 39.2. The lowest BCUT2D eigenvalue weighted by Crippen LogP contribution is -2.59. The molecule has 1 aromatic heterocycles. The van der Waals surface area contributed by atoms with Crippen molar-refractivity contribution in [2.75, 3.05) is 32.6 Å². The van der Waals surface area contributed by atoms with Crippen LogP contribution in [0.15, 0.2) is 12.3 Å². The number of nitrogens with one attached hydrogen (secondary N) is 2. The number of rotatable bonds is 4. The number of nitriles is 1. The van der Waals surface area contributed by atoms with Crippen LogP contribution in [0.3, 0.4) is 0 Å². The van der Waals surface area contributed by atoms with Crippen molar-refractivity contribution in [3.05, 3.63) is 18.1 Å². The number of alkyl halides is 1. The second kappa shape index (κ2) is 11.6. The Bertz CT molecular complexity index is 1380. The molecule has 2 saturated carbocycles. The number of nitrogens with zero attached hydrogens (tertiary/aromatic N) is 4. The van der Waals surface area contributed by atoms with Crippen molar-refractivity contribution in [3.8, 4) is 11.8 Å². The van der Waals surface area contributed by atoms with Gasteiger partial charge in [0.25, 0.3) is 5.91 Å². The van der Waals surface area contributed by atoms with Gasteiger partial charge in [0.05, 0.1) is 18.8 Å². The van der Waals surface area contributed by atoms with E-state index >= 15 is 4.39 Å². The second-order valence-corrected chi connectivity index (χ2v) is 13.4. The summed E-state index contributed by atoms with van der Waals surface area (Å²) in [5.74, 6) is -3.22. The Labute approximate surface area is 254 Å². The normalized spacial score (nSPS) is 33.8. The minimum Gasteiger partial charge on any atom is -0.471 e. The van der Waals surface area contributed by atoms with Crippen LogP contribution in [0.1, 0.15) is 40.0 Å². The molecule has 44 heavy (non-hydrogen) atoms. The Morgan fingerprint density at radius 2 is 2.00 bits per heavy atom. The van der Waals surface area contributed by atoms with Crippen LogP contribution in [0.2, 0.25) is 0 Å². The zero-order valence-corrected chi connectivity index (χ0v) is 25.4. The van der Waals surface area contributed by atoms with E-state index in [1.54, 1.807) is 35.0 Å². The van der Waals surface area contributed by atoms with Gasteiger partial charge in [-0.1, -0.05) is 20.8 Å². The van der Waals surface area contributed by atoms with Crippen molar-refractivity contribution in [2.24, 2.45) is 29.1 Å². The molecule has 1 aromatic rings. The maximum absolute atomic E-state index is 15.1. The van der Waals surface area contributed by atoms with E-state index in [1.165, 1.54) is 9.80 Å². The number of carbonyl (C=O) groups excluding carboxylic acids is 4. The summed E-state index contributed by atoms with van der Waals surface area (Å²) in [6.45, 7) is 5.32. The van der Waals surface area contributed by atoms with Crippen molar-refractivity contribution in [2.45, 2.75) is 69.9 Å². The van der Waals surface area contributed by atoms with E-state index in [1.807, 2.05) is 0 Å². The summed E-state index contributed by atoms with van der Waals surface area (Å²) in [6, 6.07) is 0.0638. The van der Waals surface area contributed by atoms with Gasteiger partial charge in [-0.05, 0) is 41.9 Å².